The lowest BCUT2D eigenvalue weighted by atomic mass is 9.85. The van der Waals surface area contributed by atoms with Crippen molar-refractivity contribution < 1.29 is 14.7 Å². The first-order chi connectivity index (χ1) is 8.26. The normalized spacial score (nSPS) is 14.3. The molecule has 18 heavy (non-hydrogen) atoms. The van der Waals surface area contributed by atoms with Crippen molar-refractivity contribution >= 4 is 23.4 Å². The van der Waals surface area contributed by atoms with E-state index in [0.717, 1.165) is 0 Å². The summed E-state index contributed by atoms with van der Waals surface area (Å²) in [6.45, 7) is 7.29. The maximum atomic E-state index is 12.1. The zero-order valence-electron chi connectivity index (χ0n) is 11.0. The molecular weight excluding hydrogens is 252 g/mol. The van der Waals surface area contributed by atoms with Crippen LogP contribution in [0.2, 0.25) is 0 Å². The molecule has 0 fully saturated rings. The zero-order chi connectivity index (χ0) is 13.9. The van der Waals surface area contributed by atoms with Gasteiger partial charge in [-0.15, -0.1) is 0 Å². The van der Waals surface area contributed by atoms with Crippen molar-refractivity contribution in [1.29, 1.82) is 0 Å². The number of hydrogen-bond acceptors (Lipinski definition) is 4. The number of aryl methyl sites for hydroxylation is 1. The van der Waals surface area contributed by atoms with Gasteiger partial charge in [-0.2, -0.15) is 4.37 Å². The summed E-state index contributed by atoms with van der Waals surface area (Å²) in [5.74, 6) is -1.17. The van der Waals surface area contributed by atoms with Crippen LogP contribution in [0.25, 0.3) is 0 Å². The lowest BCUT2D eigenvalue weighted by molar-refractivity contribution is -0.138. The number of aliphatic carboxylic acids is 1. The first-order valence-electron chi connectivity index (χ1n) is 5.71. The quantitative estimate of drug-likeness (QED) is 0.858. The van der Waals surface area contributed by atoms with E-state index in [1.165, 1.54) is 11.5 Å². The van der Waals surface area contributed by atoms with Gasteiger partial charge in [0, 0.05) is 5.38 Å². The van der Waals surface area contributed by atoms with Gasteiger partial charge < -0.3 is 10.4 Å². The molecule has 0 saturated carbocycles. The topological polar surface area (TPSA) is 79.3 Å². The molecule has 0 saturated heterocycles. The minimum atomic E-state index is -0.924. The molecule has 1 amide bonds. The van der Waals surface area contributed by atoms with E-state index >= 15 is 0 Å². The fraction of sp³-hybridized carbons (Fsp3) is 0.583. The lowest BCUT2D eigenvalue weighted by Gasteiger charge is -2.33. The zero-order valence-corrected chi connectivity index (χ0v) is 11.8. The fourth-order valence-electron chi connectivity index (χ4n) is 1.54. The predicted octanol–water partition coefficient (Wildman–Crippen LogP) is 2.07. The van der Waals surface area contributed by atoms with E-state index in [-0.39, 0.29) is 18.2 Å². The Labute approximate surface area is 110 Å². The number of carbonyl (C=O) groups is 2. The van der Waals surface area contributed by atoms with Gasteiger partial charge >= 0.3 is 5.97 Å². The lowest BCUT2D eigenvalue weighted by Crippen LogP contribution is -2.51. The number of aromatic nitrogens is 1. The molecule has 0 bridgehead atoms. The van der Waals surface area contributed by atoms with Crippen molar-refractivity contribution in [3.63, 3.8) is 0 Å². The average Bonchev–Trinajstić information content (AvgIpc) is 2.62. The molecule has 5 nitrogen and oxygen atoms in total. The van der Waals surface area contributed by atoms with Crippen LogP contribution in [0.1, 0.15) is 43.2 Å². The Kier molecular flexibility index (Phi) is 4.45. The first kappa shape index (κ1) is 14.6. The van der Waals surface area contributed by atoms with Gasteiger partial charge in [0.1, 0.15) is 0 Å². The number of nitrogens with one attached hydrogen (secondary N) is 1. The molecule has 1 rings (SSSR count). The van der Waals surface area contributed by atoms with Crippen molar-refractivity contribution in [3.05, 3.63) is 16.6 Å². The SMILES string of the molecule is Cc1nscc1C(=O)NC(C)(CC(=O)O)C(C)C. The Morgan fingerprint density at radius 3 is 2.56 bits per heavy atom. The number of carboxylic acids is 1. The Balaban J connectivity index is 2.88. The molecule has 100 valence electrons. The van der Waals surface area contributed by atoms with E-state index in [1.54, 1.807) is 19.2 Å². The van der Waals surface area contributed by atoms with Crippen molar-refractivity contribution in [2.24, 2.45) is 5.92 Å². The smallest absolute Gasteiger partial charge is 0.305 e. The summed E-state index contributed by atoms with van der Waals surface area (Å²) >= 11 is 1.22. The molecule has 6 heteroatoms. The van der Waals surface area contributed by atoms with Crippen LogP contribution in [0.3, 0.4) is 0 Å². The van der Waals surface area contributed by atoms with Crippen molar-refractivity contribution in [2.75, 3.05) is 0 Å². The molecule has 1 aromatic heterocycles. The fourth-order valence-corrected chi connectivity index (χ4v) is 2.24. The maximum absolute atomic E-state index is 12.1. The number of carbonyl (C=O) groups excluding carboxylic acids is 1. The van der Waals surface area contributed by atoms with Gasteiger partial charge in [0.05, 0.1) is 23.2 Å². The Hall–Kier alpha value is -1.43. The minimum Gasteiger partial charge on any atom is -0.481 e. The van der Waals surface area contributed by atoms with Crippen molar-refractivity contribution in [3.8, 4) is 0 Å². The Morgan fingerprint density at radius 2 is 2.17 bits per heavy atom. The molecule has 0 aliphatic rings. The summed E-state index contributed by atoms with van der Waals surface area (Å²) in [6.07, 6.45) is -0.104. The number of rotatable bonds is 5. The molecule has 1 unspecified atom stereocenters. The summed E-state index contributed by atoms with van der Waals surface area (Å²) in [6, 6.07) is 0. The van der Waals surface area contributed by atoms with Gasteiger partial charge in [-0.05, 0) is 31.3 Å². The van der Waals surface area contributed by atoms with E-state index in [1.807, 2.05) is 13.8 Å². The molecule has 0 aromatic carbocycles. The molecule has 1 atom stereocenters. The Bertz CT molecular complexity index is 456. The van der Waals surface area contributed by atoms with Gasteiger partial charge in [0.2, 0.25) is 0 Å². The van der Waals surface area contributed by atoms with Crippen LogP contribution < -0.4 is 5.32 Å². The standard InChI is InChI=1S/C12H18N2O3S/c1-7(2)12(4,5-10(15)16)13-11(17)9-6-18-14-8(9)3/h6-7H,5H2,1-4H3,(H,13,17)(H,15,16). The van der Waals surface area contributed by atoms with Crippen LogP contribution in [0, 0.1) is 12.8 Å². The summed E-state index contributed by atoms with van der Waals surface area (Å²) in [5.41, 5.74) is 0.410. The highest BCUT2D eigenvalue weighted by molar-refractivity contribution is 7.03. The molecule has 0 radical (unpaired) electrons. The van der Waals surface area contributed by atoms with Crippen molar-refractivity contribution in [2.45, 2.75) is 39.7 Å². The number of amides is 1. The van der Waals surface area contributed by atoms with E-state index in [0.29, 0.717) is 11.3 Å². The monoisotopic (exact) mass is 270 g/mol. The van der Waals surface area contributed by atoms with Gasteiger partial charge in [0.25, 0.3) is 5.91 Å². The molecule has 1 heterocycles. The van der Waals surface area contributed by atoms with Crippen LogP contribution in [-0.2, 0) is 4.79 Å². The molecular formula is C12H18N2O3S. The summed E-state index contributed by atoms with van der Waals surface area (Å²) in [5, 5.41) is 13.4. The average molecular weight is 270 g/mol. The first-order valence-corrected chi connectivity index (χ1v) is 6.55. The summed E-state index contributed by atoms with van der Waals surface area (Å²) in [7, 11) is 0. The highest BCUT2D eigenvalue weighted by Gasteiger charge is 2.33. The molecule has 0 spiro atoms. The van der Waals surface area contributed by atoms with Crippen LogP contribution in [-0.4, -0.2) is 26.9 Å². The maximum Gasteiger partial charge on any atom is 0.305 e. The minimum absolute atomic E-state index is 0.0180. The number of hydrogen-bond donors (Lipinski definition) is 2. The predicted molar refractivity (Wildman–Crippen MR) is 69.8 cm³/mol. The third-order valence-electron chi connectivity index (χ3n) is 3.19. The van der Waals surface area contributed by atoms with Gasteiger partial charge in [-0.1, -0.05) is 13.8 Å². The van der Waals surface area contributed by atoms with Crippen LogP contribution in [0.15, 0.2) is 5.38 Å². The second-order valence-electron chi connectivity index (χ2n) is 4.91. The van der Waals surface area contributed by atoms with E-state index in [4.69, 9.17) is 5.11 Å². The highest BCUT2D eigenvalue weighted by atomic mass is 32.1. The largest absolute Gasteiger partial charge is 0.481 e. The van der Waals surface area contributed by atoms with Crippen LogP contribution in [0.4, 0.5) is 0 Å². The van der Waals surface area contributed by atoms with E-state index < -0.39 is 11.5 Å². The molecule has 0 aliphatic heterocycles. The summed E-state index contributed by atoms with van der Waals surface area (Å²) in [4.78, 5) is 23.0. The van der Waals surface area contributed by atoms with Crippen molar-refractivity contribution in [1.82, 2.24) is 9.69 Å². The number of carboxylic acid groups (broad SMARTS) is 1. The highest BCUT2D eigenvalue weighted by Crippen LogP contribution is 2.22. The van der Waals surface area contributed by atoms with E-state index in [2.05, 4.69) is 9.69 Å². The molecule has 2 N–H and O–H groups in total. The molecule has 0 aliphatic carbocycles. The van der Waals surface area contributed by atoms with Crippen LogP contribution >= 0.6 is 11.5 Å². The number of nitrogens with zero attached hydrogens (tertiary/aromatic N) is 1. The second-order valence-corrected chi connectivity index (χ2v) is 5.54. The summed E-state index contributed by atoms with van der Waals surface area (Å²) < 4.78 is 4.04. The van der Waals surface area contributed by atoms with Gasteiger partial charge in [-0.25, -0.2) is 0 Å². The third-order valence-corrected chi connectivity index (χ3v) is 3.91. The third kappa shape index (κ3) is 3.29. The van der Waals surface area contributed by atoms with E-state index in [9.17, 15) is 9.59 Å². The molecule has 1 aromatic rings. The van der Waals surface area contributed by atoms with Gasteiger partial charge in [-0.3, -0.25) is 9.59 Å². The van der Waals surface area contributed by atoms with Crippen LogP contribution in [0.5, 0.6) is 0 Å². The second kappa shape index (κ2) is 5.48. The Morgan fingerprint density at radius 1 is 1.56 bits per heavy atom. The van der Waals surface area contributed by atoms with Gasteiger partial charge in [0.15, 0.2) is 0 Å².